The largest absolute Gasteiger partial charge is 0.445 e. The maximum atomic E-state index is 13.0. The molecule has 0 fully saturated rings. The lowest BCUT2D eigenvalue weighted by Gasteiger charge is -2.29. The number of unbranched alkanes of at least 4 members (excludes halogenated alkanes) is 2. The molecule has 13 heteroatoms. The molecule has 0 radical (unpaired) electrons. The van der Waals surface area contributed by atoms with Crippen LogP contribution in [0.2, 0.25) is 0 Å². The molecule has 1 rings (SSSR count). The molecular weight excluding hydrogens is 642 g/mol. The minimum absolute atomic E-state index is 0.246. The van der Waals surface area contributed by atoms with E-state index in [-0.39, 0.29) is 12.7 Å². The summed E-state index contributed by atoms with van der Waals surface area (Å²) in [6.45, 7) is 21.0. The van der Waals surface area contributed by atoms with Crippen LogP contribution in [0.5, 0.6) is 0 Å². The molecule has 0 spiro atoms. The molecule has 1 aromatic carbocycles. The number of nitrogens with one attached hydrogen (secondary N) is 3. The van der Waals surface area contributed by atoms with Gasteiger partial charge in [0, 0.05) is 39.3 Å². The fraction of sp³-hybridized carbons (Fsp3) is 0.730. The van der Waals surface area contributed by atoms with Crippen LogP contribution in [-0.2, 0) is 25.6 Å². The number of nitrogens with zero attached hydrogens (tertiary/aromatic N) is 2. The van der Waals surface area contributed by atoms with Crippen molar-refractivity contribution in [3.63, 3.8) is 0 Å². The van der Waals surface area contributed by atoms with E-state index in [9.17, 15) is 19.2 Å². The number of benzene rings is 1. The van der Waals surface area contributed by atoms with E-state index in [0.29, 0.717) is 58.5 Å². The van der Waals surface area contributed by atoms with E-state index in [1.807, 2.05) is 71.9 Å². The zero-order valence-corrected chi connectivity index (χ0v) is 32.2. The summed E-state index contributed by atoms with van der Waals surface area (Å²) in [7, 11) is 0. The lowest BCUT2D eigenvalue weighted by Crippen LogP contribution is -2.40. The molecule has 0 unspecified atom stereocenters. The molecule has 0 saturated heterocycles. The van der Waals surface area contributed by atoms with Crippen molar-refractivity contribution in [3.05, 3.63) is 35.9 Å². The summed E-state index contributed by atoms with van der Waals surface area (Å²) in [4.78, 5) is 53.2. The van der Waals surface area contributed by atoms with Crippen LogP contribution < -0.4 is 16.0 Å². The Kier molecular flexibility index (Phi) is 20.3. The smallest absolute Gasteiger partial charge is 0.410 e. The first-order valence-corrected chi connectivity index (χ1v) is 17.9. The molecule has 1 aromatic rings. The summed E-state index contributed by atoms with van der Waals surface area (Å²) in [6, 6.07) is 9.55. The van der Waals surface area contributed by atoms with Gasteiger partial charge in [-0.25, -0.2) is 19.2 Å². The van der Waals surface area contributed by atoms with Crippen LogP contribution in [0.4, 0.5) is 19.2 Å². The van der Waals surface area contributed by atoms with Crippen molar-refractivity contribution in [2.45, 2.75) is 124 Å². The van der Waals surface area contributed by atoms with Crippen molar-refractivity contribution >= 4 is 24.4 Å². The van der Waals surface area contributed by atoms with E-state index in [1.54, 1.807) is 30.6 Å². The van der Waals surface area contributed by atoms with Gasteiger partial charge in [0.05, 0.1) is 0 Å². The number of hydrogen-bond acceptors (Lipinski definition) is 9. The lowest BCUT2D eigenvalue weighted by molar-refractivity contribution is 0.0207. The quantitative estimate of drug-likeness (QED) is 0.0979. The monoisotopic (exact) mass is 707 g/mol. The zero-order chi connectivity index (χ0) is 37.6. The van der Waals surface area contributed by atoms with Gasteiger partial charge in [0.15, 0.2) is 0 Å². The second-order valence-corrected chi connectivity index (χ2v) is 15.2. The van der Waals surface area contributed by atoms with Gasteiger partial charge in [-0.2, -0.15) is 0 Å². The van der Waals surface area contributed by atoms with E-state index >= 15 is 0 Å². The topological polar surface area (TPSA) is 148 Å². The van der Waals surface area contributed by atoms with E-state index in [4.69, 9.17) is 18.9 Å². The molecule has 0 aromatic heterocycles. The third-order valence-electron chi connectivity index (χ3n) is 6.73. The normalized spacial score (nSPS) is 11.7. The number of ether oxygens (including phenoxy) is 4. The highest BCUT2D eigenvalue weighted by molar-refractivity contribution is 5.69. The summed E-state index contributed by atoms with van der Waals surface area (Å²) in [5.41, 5.74) is -0.896. The van der Waals surface area contributed by atoms with Gasteiger partial charge < -0.3 is 44.7 Å². The Morgan fingerprint density at radius 3 is 1.48 bits per heavy atom. The molecule has 3 N–H and O–H groups in total. The van der Waals surface area contributed by atoms with Gasteiger partial charge >= 0.3 is 24.4 Å². The third-order valence-corrected chi connectivity index (χ3v) is 6.73. The number of rotatable bonds is 20. The van der Waals surface area contributed by atoms with Crippen molar-refractivity contribution in [1.82, 2.24) is 25.8 Å². The predicted octanol–water partition coefficient (Wildman–Crippen LogP) is 6.84. The van der Waals surface area contributed by atoms with Gasteiger partial charge in [-0.15, -0.1) is 0 Å². The van der Waals surface area contributed by atoms with E-state index < -0.39 is 35.1 Å². The fourth-order valence-corrected chi connectivity index (χ4v) is 4.48. The molecule has 0 bridgehead atoms. The predicted molar refractivity (Wildman–Crippen MR) is 195 cm³/mol. The molecule has 4 amide bonds. The fourth-order valence-electron chi connectivity index (χ4n) is 4.48. The SMILES string of the molecule is CC(C)(C)OC(=O)NCCCN(CCCCN(CCCNCCCCNC(=O)OCc1ccccc1)C(=O)OC(C)(C)C)C(=O)OC(C)(C)C. The molecule has 0 heterocycles. The summed E-state index contributed by atoms with van der Waals surface area (Å²) in [5, 5.41) is 8.91. The maximum Gasteiger partial charge on any atom is 0.410 e. The highest BCUT2D eigenvalue weighted by Crippen LogP contribution is 2.14. The summed E-state index contributed by atoms with van der Waals surface area (Å²) < 4.78 is 21.8. The van der Waals surface area contributed by atoms with E-state index in [1.165, 1.54) is 0 Å². The summed E-state index contributed by atoms with van der Waals surface area (Å²) in [6.07, 6.45) is 2.62. The Hall–Kier alpha value is -3.74. The molecule has 0 atom stereocenters. The molecule has 0 saturated carbocycles. The molecule has 13 nitrogen and oxygen atoms in total. The highest BCUT2D eigenvalue weighted by atomic mass is 16.6. The van der Waals surface area contributed by atoms with Crippen molar-refractivity contribution in [1.29, 1.82) is 0 Å². The van der Waals surface area contributed by atoms with Gasteiger partial charge in [-0.05, 0) is 119 Å². The van der Waals surface area contributed by atoms with Crippen molar-refractivity contribution in [3.8, 4) is 0 Å². The van der Waals surface area contributed by atoms with Crippen LogP contribution in [0.25, 0.3) is 0 Å². The summed E-state index contributed by atoms with van der Waals surface area (Å²) in [5.74, 6) is 0. The first-order chi connectivity index (χ1) is 23.3. The number of alkyl carbamates (subject to hydrolysis) is 2. The Bertz CT molecular complexity index is 1130. The number of amides is 4. The van der Waals surface area contributed by atoms with Gasteiger partial charge in [0.2, 0.25) is 0 Å². The molecule has 0 aliphatic rings. The first kappa shape index (κ1) is 44.3. The summed E-state index contributed by atoms with van der Waals surface area (Å²) >= 11 is 0. The maximum absolute atomic E-state index is 13.0. The third kappa shape index (κ3) is 24.4. The molecule has 0 aliphatic carbocycles. The second kappa shape index (κ2) is 22.9. The van der Waals surface area contributed by atoms with E-state index in [0.717, 1.165) is 37.9 Å². The first-order valence-electron chi connectivity index (χ1n) is 17.9. The van der Waals surface area contributed by atoms with Gasteiger partial charge in [0.25, 0.3) is 0 Å². The van der Waals surface area contributed by atoms with Crippen LogP contribution in [-0.4, -0.2) is 103 Å². The van der Waals surface area contributed by atoms with Crippen LogP contribution in [0, 0.1) is 0 Å². The minimum atomic E-state index is -0.640. The standard InChI is InChI=1S/C37H65N5O8/c1-35(2,3)48-32(44)40-24-18-28-42(34(46)50-37(7,8)9)26-16-15-25-41(33(45)49-36(4,5)6)27-17-22-38-21-13-14-23-39-31(43)47-29-30-19-11-10-12-20-30/h10-12,19-20,38H,13-18,21-29H2,1-9H3,(H,39,43)(H,40,44). The van der Waals surface area contributed by atoms with Crippen molar-refractivity contribution in [2.24, 2.45) is 0 Å². The minimum Gasteiger partial charge on any atom is -0.445 e. The average Bonchev–Trinajstić information content (AvgIpc) is 2.98. The van der Waals surface area contributed by atoms with Gasteiger partial charge in [-0.3, -0.25) is 0 Å². The molecule has 286 valence electrons. The van der Waals surface area contributed by atoms with Crippen molar-refractivity contribution < 1.29 is 38.1 Å². The Balaban J connectivity index is 2.46. The zero-order valence-electron chi connectivity index (χ0n) is 32.2. The van der Waals surface area contributed by atoms with E-state index in [2.05, 4.69) is 16.0 Å². The van der Waals surface area contributed by atoms with Crippen LogP contribution in [0.3, 0.4) is 0 Å². The highest BCUT2D eigenvalue weighted by Gasteiger charge is 2.24. The van der Waals surface area contributed by atoms with Gasteiger partial charge in [0.1, 0.15) is 23.4 Å². The second-order valence-electron chi connectivity index (χ2n) is 15.2. The Morgan fingerprint density at radius 1 is 0.540 bits per heavy atom. The Morgan fingerprint density at radius 2 is 0.960 bits per heavy atom. The molecular formula is C37H65N5O8. The van der Waals surface area contributed by atoms with Crippen LogP contribution >= 0.6 is 0 Å². The molecule has 50 heavy (non-hydrogen) atoms. The van der Waals surface area contributed by atoms with Crippen molar-refractivity contribution in [2.75, 3.05) is 52.4 Å². The number of hydrogen-bond donors (Lipinski definition) is 3. The molecule has 0 aliphatic heterocycles. The average molecular weight is 708 g/mol. The number of carbonyl (C=O) groups is 4. The van der Waals surface area contributed by atoms with Crippen LogP contribution in [0.1, 0.15) is 106 Å². The Labute approximate surface area is 300 Å². The lowest BCUT2D eigenvalue weighted by atomic mass is 10.2. The van der Waals surface area contributed by atoms with Gasteiger partial charge in [-0.1, -0.05) is 30.3 Å². The van der Waals surface area contributed by atoms with Crippen LogP contribution in [0.15, 0.2) is 30.3 Å². The number of carbonyl (C=O) groups excluding carboxylic acids is 4.